The predicted octanol–water partition coefficient (Wildman–Crippen LogP) is 5.17. The zero-order chi connectivity index (χ0) is 20.2. The lowest BCUT2D eigenvalue weighted by atomic mass is 10.1. The van der Waals surface area contributed by atoms with Gasteiger partial charge in [-0.05, 0) is 29.8 Å². The number of hydrogen-bond donors (Lipinski definition) is 1. The Morgan fingerprint density at radius 3 is 2.55 bits per heavy atom. The van der Waals surface area contributed by atoms with Crippen molar-refractivity contribution in [1.82, 2.24) is 15.3 Å². The van der Waals surface area contributed by atoms with Gasteiger partial charge in [0.1, 0.15) is 16.2 Å². The fraction of sp³-hybridized carbons (Fsp3) is 0.0476. The minimum Gasteiger partial charge on any atom is -0.292 e. The molecule has 8 heteroatoms. The number of thiophene rings is 1. The molecule has 0 aliphatic heterocycles. The molecule has 2 aromatic carbocycles. The van der Waals surface area contributed by atoms with Gasteiger partial charge in [-0.2, -0.15) is 0 Å². The summed E-state index contributed by atoms with van der Waals surface area (Å²) in [5, 5.41) is 6.13. The van der Waals surface area contributed by atoms with Crippen LogP contribution in [0.25, 0.3) is 21.3 Å². The summed E-state index contributed by atoms with van der Waals surface area (Å²) < 4.78 is 0.869. The van der Waals surface area contributed by atoms with Crippen LogP contribution in [0.1, 0.15) is 10.4 Å². The maximum Gasteiger partial charge on any atom is 0.257 e. The van der Waals surface area contributed by atoms with Crippen LogP contribution in [0.4, 0.5) is 0 Å². The van der Waals surface area contributed by atoms with Gasteiger partial charge in [-0.25, -0.2) is 9.97 Å². The average Bonchev–Trinajstić information content (AvgIpc) is 3.18. The number of halogens is 1. The number of nitrogens with one attached hydrogen (secondary N) is 1. The minimum atomic E-state index is -0.420. The Morgan fingerprint density at radius 1 is 1.03 bits per heavy atom. The summed E-state index contributed by atoms with van der Waals surface area (Å²) in [5.74, 6) is -0.707. The molecule has 0 spiro atoms. The molecule has 29 heavy (non-hydrogen) atoms. The van der Waals surface area contributed by atoms with Gasteiger partial charge in [-0.15, -0.1) is 11.3 Å². The van der Waals surface area contributed by atoms with Crippen molar-refractivity contribution >= 4 is 61.1 Å². The first-order valence-electron chi connectivity index (χ1n) is 8.62. The highest BCUT2D eigenvalue weighted by atomic mass is 79.9. The highest BCUT2D eigenvalue weighted by Crippen LogP contribution is 2.37. The van der Waals surface area contributed by atoms with Crippen LogP contribution in [0.15, 0.2) is 75.8 Å². The molecular weight excluding hydrogens is 470 g/mol. The van der Waals surface area contributed by atoms with Gasteiger partial charge in [0.25, 0.3) is 5.91 Å². The maximum atomic E-state index is 12.3. The lowest BCUT2D eigenvalue weighted by molar-refractivity contribution is -0.117. The molecular formula is C21H14BrN3O2S2. The predicted molar refractivity (Wildman–Crippen MR) is 120 cm³/mol. The van der Waals surface area contributed by atoms with Gasteiger partial charge in [0, 0.05) is 21.0 Å². The molecule has 1 N–H and O–H groups in total. The van der Waals surface area contributed by atoms with Gasteiger partial charge < -0.3 is 0 Å². The topological polar surface area (TPSA) is 72.0 Å². The molecule has 4 aromatic rings. The number of benzene rings is 2. The third kappa shape index (κ3) is 4.55. The number of amides is 2. The zero-order valence-electron chi connectivity index (χ0n) is 15.0. The monoisotopic (exact) mass is 483 g/mol. The third-order valence-corrected chi connectivity index (χ3v) is 6.52. The fourth-order valence-corrected chi connectivity index (χ4v) is 4.81. The largest absolute Gasteiger partial charge is 0.292 e. The van der Waals surface area contributed by atoms with Crippen molar-refractivity contribution < 1.29 is 9.59 Å². The summed E-state index contributed by atoms with van der Waals surface area (Å²) in [6.07, 6.45) is 1.50. The molecule has 0 aliphatic carbocycles. The third-order valence-electron chi connectivity index (χ3n) is 4.12. The summed E-state index contributed by atoms with van der Waals surface area (Å²) in [5.41, 5.74) is 2.55. The minimum absolute atomic E-state index is 0.0818. The van der Waals surface area contributed by atoms with Crippen LogP contribution in [0, 0.1) is 0 Å². The second kappa shape index (κ2) is 8.86. The number of thioether (sulfide) groups is 1. The van der Waals surface area contributed by atoms with Crippen molar-refractivity contribution in [2.75, 3.05) is 5.75 Å². The second-order valence-corrected chi connectivity index (χ2v) is 8.79. The summed E-state index contributed by atoms with van der Waals surface area (Å²) in [6.45, 7) is 0. The molecule has 0 bridgehead atoms. The molecule has 0 saturated heterocycles. The standard InChI is InChI=1S/C21H14BrN3O2S2/c22-15-8-6-14(7-9-15)19(27)25-17(26)11-29-21-18-16(13-4-2-1-3-5-13)10-28-20(18)23-12-24-21/h1-10,12H,11H2,(H,25,26,27). The van der Waals surface area contributed by atoms with E-state index in [-0.39, 0.29) is 11.7 Å². The van der Waals surface area contributed by atoms with Gasteiger partial charge in [-0.1, -0.05) is 58.0 Å². The van der Waals surface area contributed by atoms with Crippen LogP contribution < -0.4 is 5.32 Å². The quantitative estimate of drug-likeness (QED) is 0.313. The molecule has 2 heterocycles. The lowest BCUT2D eigenvalue weighted by Gasteiger charge is -2.06. The smallest absolute Gasteiger partial charge is 0.257 e. The van der Waals surface area contributed by atoms with Crippen molar-refractivity contribution in [3.8, 4) is 11.1 Å². The summed E-state index contributed by atoms with van der Waals surface area (Å²) in [7, 11) is 0. The molecule has 144 valence electrons. The lowest BCUT2D eigenvalue weighted by Crippen LogP contribution is -2.31. The molecule has 0 radical (unpaired) electrons. The van der Waals surface area contributed by atoms with Crippen LogP contribution >= 0.6 is 39.0 Å². The summed E-state index contributed by atoms with van der Waals surface area (Å²) in [6, 6.07) is 16.8. The first-order valence-corrected chi connectivity index (χ1v) is 11.3. The van der Waals surface area contributed by atoms with Crippen LogP contribution in [-0.2, 0) is 4.79 Å². The fourth-order valence-electron chi connectivity index (χ4n) is 2.76. The molecule has 0 fully saturated rings. The molecule has 0 unspecified atom stereocenters. The number of carbonyl (C=O) groups excluding carboxylic acids is 2. The van der Waals surface area contributed by atoms with Gasteiger partial charge in [-0.3, -0.25) is 14.9 Å². The van der Waals surface area contributed by atoms with E-state index in [2.05, 4.69) is 36.6 Å². The molecule has 2 amide bonds. The van der Waals surface area contributed by atoms with E-state index in [1.807, 2.05) is 30.3 Å². The first-order chi connectivity index (χ1) is 14.1. The van der Waals surface area contributed by atoms with E-state index in [0.717, 1.165) is 30.8 Å². The van der Waals surface area contributed by atoms with Crippen LogP contribution in [0.2, 0.25) is 0 Å². The van der Waals surface area contributed by atoms with E-state index in [0.29, 0.717) is 5.56 Å². The maximum absolute atomic E-state index is 12.3. The number of aromatic nitrogens is 2. The Bertz CT molecular complexity index is 1180. The SMILES string of the molecule is O=C(CSc1ncnc2scc(-c3ccccc3)c12)NC(=O)c1ccc(Br)cc1. The Morgan fingerprint density at radius 2 is 1.79 bits per heavy atom. The van der Waals surface area contributed by atoms with Crippen molar-refractivity contribution in [1.29, 1.82) is 0 Å². The van der Waals surface area contributed by atoms with E-state index >= 15 is 0 Å². The summed E-state index contributed by atoms with van der Waals surface area (Å²) >= 11 is 6.16. The summed E-state index contributed by atoms with van der Waals surface area (Å²) in [4.78, 5) is 34.1. The van der Waals surface area contributed by atoms with Crippen LogP contribution in [0.3, 0.4) is 0 Å². The highest BCUT2D eigenvalue weighted by Gasteiger charge is 2.16. The molecule has 4 rings (SSSR count). The van der Waals surface area contributed by atoms with Gasteiger partial charge in [0.15, 0.2) is 0 Å². The van der Waals surface area contributed by atoms with Crippen molar-refractivity contribution in [2.24, 2.45) is 0 Å². The average molecular weight is 484 g/mol. The van der Waals surface area contributed by atoms with Crippen molar-refractivity contribution in [2.45, 2.75) is 5.03 Å². The second-order valence-electron chi connectivity index (χ2n) is 6.05. The van der Waals surface area contributed by atoms with Crippen molar-refractivity contribution in [3.05, 3.63) is 76.3 Å². The molecule has 2 aromatic heterocycles. The molecule has 0 atom stereocenters. The number of carbonyl (C=O) groups is 2. The van der Waals surface area contributed by atoms with E-state index in [1.54, 1.807) is 35.6 Å². The van der Waals surface area contributed by atoms with Gasteiger partial charge in [0.2, 0.25) is 5.91 Å². The Kier molecular flexibility index (Phi) is 6.03. The van der Waals surface area contributed by atoms with Gasteiger partial charge >= 0.3 is 0 Å². The number of imide groups is 1. The number of nitrogens with zero attached hydrogens (tertiary/aromatic N) is 2. The van der Waals surface area contributed by atoms with Crippen molar-refractivity contribution in [3.63, 3.8) is 0 Å². The van der Waals surface area contributed by atoms with E-state index in [4.69, 9.17) is 0 Å². The Balaban J connectivity index is 1.50. The van der Waals surface area contributed by atoms with Crippen LogP contribution in [0.5, 0.6) is 0 Å². The van der Waals surface area contributed by atoms with Gasteiger partial charge in [0.05, 0.1) is 11.1 Å². The Hall–Kier alpha value is -2.55. The Labute approximate surface area is 183 Å². The number of rotatable bonds is 5. The van der Waals surface area contributed by atoms with E-state index in [9.17, 15) is 9.59 Å². The highest BCUT2D eigenvalue weighted by molar-refractivity contribution is 9.10. The molecule has 0 saturated carbocycles. The van der Waals surface area contributed by atoms with Crippen LogP contribution in [-0.4, -0.2) is 27.5 Å². The normalized spacial score (nSPS) is 10.8. The zero-order valence-corrected chi connectivity index (χ0v) is 18.2. The van der Waals surface area contributed by atoms with E-state index in [1.165, 1.54) is 18.1 Å². The number of fused-ring (bicyclic) bond motifs is 1. The molecule has 5 nitrogen and oxygen atoms in total. The number of hydrogen-bond acceptors (Lipinski definition) is 6. The first kappa shape index (κ1) is 19.8. The van der Waals surface area contributed by atoms with E-state index < -0.39 is 5.91 Å². The molecule has 0 aliphatic rings.